The summed E-state index contributed by atoms with van der Waals surface area (Å²) in [4.78, 5) is 0. The Morgan fingerprint density at radius 1 is 0.682 bits per heavy atom. The second-order valence-corrected chi connectivity index (χ2v) is 11.0. The molecule has 0 unspecified atom stereocenters. The van der Waals surface area contributed by atoms with E-state index in [9.17, 15) is 10.5 Å². The van der Waals surface area contributed by atoms with Crippen molar-refractivity contribution in [3.05, 3.63) is 132 Å². The molecule has 44 heavy (non-hydrogen) atoms. The lowest BCUT2D eigenvalue weighted by molar-refractivity contribution is 0.669. The minimum atomic E-state index is 0.633. The molecule has 0 saturated carbocycles. The van der Waals surface area contributed by atoms with Crippen LogP contribution < -0.4 is 0 Å². The van der Waals surface area contributed by atoms with Gasteiger partial charge in [0.05, 0.1) is 39.9 Å². The standard InChI is InChI=1S/C39H24N4O/c1-3-34-30(18-24(2)22-40)28-8-4-6-10-35(28)42(34)26-13-16-38-32(20-26)33-21-27(14-17-39(33)44-38)43-36-11-7-5-9-29(36)31-19-25(23-41)12-15-37(31)43/h3-21H,1H2,2H3/b24-18+. The Kier molecular flexibility index (Phi) is 5.56. The molecular formula is C39H24N4O. The maximum Gasteiger partial charge on any atom is 0.135 e. The Morgan fingerprint density at radius 2 is 1.30 bits per heavy atom. The van der Waals surface area contributed by atoms with Crippen LogP contribution in [-0.2, 0) is 0 Å². The van der Waals surface area contributed by atoms with Crippen LogP contribution in [0.1, 0.15) is 23.7 Å². The van der Waals surface area contributed by atoms with Crippen LogP contribution in [0.4, 0.5) is 0 Å². The summed E-state index contributed by atoms with van der Waals surface area (Å²) in [7, 11) is 0. The molecule has 0 aliphatic carbocycles. The summed E-state index contributed by atoms with van der Waals surface area (Å²) >= 11 is 0. The number of rotatable bonds is 4. The summed E-state index contributed by atoms with van der Waals surface area (Å²) in [6.07, 6.45) is 3.78. The summed E-state index contributed by atoms with van der Waals surface area (Å²) in [5.41, 5.74) is 9.93. The predicted octanol–water partition coefficient (Wildman–Crippen LogP) is 10.1. The third-order valence-electron chi connectivity index (χ3n) is 8.44. The molecule has 0 N–H and O–H groups in total. The first-order valence-corrected chi connectivity index (χ1v) is 14.3. The number of nitrogens with zero attached hydrogens (tertiary/aromatic N) is 4. The highest BCUT2D eigenvalue weighted by atomic mass is 16.3. The van der Waals surface area contributed by atoms with E-state index in [0.29, 0.717) is 11.1 Å². The van der Waals surface area contributed by atoms with Crippen LogP contribution in [0.5, 0.6) is 0 Å². The largest absolute Gasteiger partial charge is 0.456 e. The maximum atomic E-state index is 9.55. The van der Waals surface area contributed by atoms with Crippen LogP contribution in [-0.4, -0.2) is 9.13 Å². The number of hydrogen-bond acceptors (Lipinski definition) is 3. The van der Waals surface area contributed by atoms with Crippen LogP contribution in [0.2, 0.25) is 0 Å². The van der Waals surface area contributed by atoms with Gasteiger partial charge in [0.1, 0.15) is 11.2 Å². The molecular weight excluding hydrogens is 540 g/mol. The monoisotopic (exact) mass is 564 g/mol. The zero-order valence-corrected chi connectivity index (χ0v) is 23.9. The van der Waals surface area contributed by atoms with E-state index in [2.05, 4.69) is 76.4 Å². The lowest BCUT2D eigenvalue weighted by Crippen LogP contribution is -1.97. The van der Waals surface area contributed by atoms with E-state index in [1.165, 1.54) is 0 Å². The number of nitriles is 2. The van der Waals surface area contributed by atoms with Gasteiger partial charge in [0.25, 0.3) is 0 Å². The zero-order chi connectivity index (χ0) is 29.9. The molecule has 0 bridgehead atoms. The molecule has 0 aliphatic heterocycles. The third kappa shape index (κ3) is 3.64. The number of furan rings is 1. The first kappa shape index (κ1) is 25.4. The average Bonchev–Trinajstić information content (AvgIpc) is 3.71. The number of allylic oxidation sites excluding steroid dienone is 1. The van der Waals surface area contributed by atoms with E-state index < -0.39 is 0 Å². The maximum absolute atomic E-state index is 9.55. The molecule has 0 aliphatic rings. The molecule has 3 aromatic heterocycles. The van der Waals surface area contributed by atoms with Crippen LogP contribution in [0, 0.1) is 22.7 Å². The molecule has 0 saturated heterocycles. The normalized spacial score (nSPS) is 11.9. The summed E-state index contributed by atoms with van der Waals surface area (Å²) in [6.45, 7) is 5.96. The predicted molar refractivity (Wildman–Crippen MR) is 179 cm³/mol. The van der Waals surface area contributed by atoms with Crippen LogP contribution in [0.15, 0.2) is 120 Å². The van der Waals surface area contributed by atoms with Gasteiger partial charge in [-0.1, -0.05) is 43.0 Å². The molecule has 8 aromatic rings. The van der Waals surface area contributed by atoms with Crippen molar-refractivity contribution in [1.29, 1.82) is 10.5 Å². The highest BCUT2D eigenvalue weighted by Crippen LogP contribution is 2.38. The van der Waals surface area contributed by atoms with E-state index >= 15 is 0 Å². The molecule has 5 aromatic carbocycles. The fraction of sp³-hybridized carbons (Fsp3) is 0.0256. The molecule has 0 amide bonds. The van der Waals surface area contributed by atoms with Gasteiger partial charge >= 0.3 is 0 Å². The minimum Gasteiger partial charge on any atom is -0.456 e. The highest BCUT2D eigenvalue weighted by Gasteiger charge is 2.18. The summed E-state index contributed by atoms with van der Waals surface area (Å²) in [5.74, 6) is 0. The van der Waals surface area contributed by atoms with E-state index in [1.54, 1.807) is 0 Å². The van der Waals surface area contributed by atoms with Gasteiger partial charge in [0.2, 0.25) is 0 Å². The lowest BCUT2D eigenvalue weighted by Gasteiger charge is -2.10. The molecule has 8 rings (SSSR count). The van der Waals surface area contributed by atoms with Crippen LogP contribution in [0.3, 0.4) is 0 Å². The summed E-state index contributed by atoms with van der Waals surface area (Å²) in [6, 6.07) is 39.5. The van der Waals surface area contributed by atoms with Crippen LogP contribution in [0.25, 0.3) is 78.2 Å². The van der Waals surface area contributed by atoms with E-state index in [0.717, 1.165) is 77.3 Å². The number of para-hydroxylation sites is 2. The van der Waals surface area contributed by atoms with Gasteiger partial charge in [-0.05, 0) is 85.8 Å². The van der Waals surface area contributed by atoms with Gasteiger partial charge in [-0.2, -0.15) is 10.5 Å². The first-order chi connectivity index (χ1) is 21.6. The molecule has 206 valence electrons. The summed E-state index contributed by atoms with van der Waals surface area (Å²) in [5, 5.41) is 24.3. The quantitative estimate of drug-likeness (QED) is 0.200. The van der Waals surface area contributed by atoms with Crippen molar-refractivity contribution in [2.75, 3.05) is 0 Å². The molecule has 0 radical (unpaired) electrons. The third-order valence-corrected chi connectivity index (χ3v) is 8.44. The van der Waals surface area contributed by atoms with Gasteiger partial charge in [-0.3, -0.25) is 0 Å². The number of hydrogen-bond donors (Lipinski definition) is 0. The molecule has 3 heterocycles. The first-order valence-electron chi connectivity index (χ1n) is 14.3. The number of benzene rings is 5. The van der Waals surface area contributed by atoms with Crippen molar-refractivity contribution < 1.29 is 4.42 Å². The molecule has 5 nitrogen and oxygen atoms in total. The summed E-state index contributed by atoms with van der Waals surface area (Å²) < 4.78 is 10.8. The Labute approximate surface area is 253 Å². The van der Waals surface area contributed by atoms with Crippen molar-refractivity contribution in [1.82, 2.24) is 9.13 Å². The average molecular weight is 565 g/mol. The minimum absolute atomic E-state index is 0.633. The Balaban J connectivity index is 1.38. The number of fused-ring (bicyclic) bond motifs is 7. The van der Waals surface area contributed by atoms with Gasteiger partial charge in [0, 0.05) is 49.4 Å². The van der Waals surface area contributed by atoms with E-state index in [1.807, 2.05) is 73.7 Å². The fourth-order valence-electron chi connectivity index (χ4n) is 6.52. The van der Waals surface area contributed by atoms with Gasteiger partial charge in [-0.25, -0.2) is 0 Å². The smallest absolute Gasteiger partial charge is 0.135 e. The molecule has 0 spiro atoms. The Bertz CT molecular complexity index is 2610. The van der Waals surface area contributed by atoms with Crippen molar-refractivity contribution in [2.24, 2.45) is 0 Å². The SMILES string of the molecule is C=Cc1c(/C=C(\C)C#N)c2ccccc2n1-c1ccc2oc3ccc(-n4c5ccccc5c5cc(C#N)ccc54)cc3c2c1. The van der Waals surface area contributed by atoms with E-state index in [-0.39, 0.29) is 0 Å². The van der Waals surface area contributed by atoms with Crippen molar-refractivity contribution in [3.8, 4) is 23.5 Å². The van der Waals surface area contributed by atoms with Crippen molar-refractivity contribution >= 4 is 66.8 Å². The van der Waals surface area contributed by atoms with Gasteiger partial charge in [-0.15, -0.1) is 0 Å². The molecule has 0 fully saturated rings. The number of aromatic nitrogens is 2. The fourth-order valence-corrected chi connectivity index (χ4v) is 6.52. The van der Waals surface area contributed by atoms with Crippen LogP contribution >= 0.6 is 0 Å². The topological polar surface area (TPSA) is 70.6 Å². The van der Waals surface area contributed by atoms with Gasteiger partial charge < -0.3 is 13.6 Å². The van der Waals surface area contributed by atoms with Gasteiger partial charge in [0.15, 0.2) is 0 Å². The molecule has 5 heteroatoms. The molecule has 0 atom stereocenters. The van der Waals surface area contributed by atoms with Crippen molar-refractivity contribution in [3.63, 3.8) is 0 Å². The van der Waals surface area contributed by atoms with E-state index in [4.69, 9.17) is 4.42 Å². The second kappa shape index (κ2) is 9.63. The lowest BCUT2D eigenvalue weighted by atomic mass is 10.1. The Hall–Kier alpha value is -6.30. The van der Waals surface area contributed by atoms with Crippen molar-refractivity contribution in [2.45, 2.75) is 6.92 Å². The second-order valence-electron chi connectivity index (χ2n) is 11.0. The zero-order valence-electron chi connectivity index (χ0n) is 23.9. The highest BCUT2D eigenvalue weighted by molar-refractivity contribution is 6.11. The Morgan fingerprint density at radius 3 is 1.95 bits per heavy atom.